The van der Waals surface area contributed by atoms with E-state index < -0.39 is 12.1 Å². The fourth-order valence-electron chi connectivity index (χ4n) is 3.67. The average molecular weight is 365 g/mol. The molecule has 0 amide bonds. The number of aromatic carboxylic acids is 1. The van der Waals surface area contributed by atoms with Crippen LogP contribution < -0.4 is 0 Å². The lowest BCUT2D eigenvalue weighted by atomic mass is 9.96. The maximum atomic E-state index is 11.6. The number of carboxylic acids is 1. The van der Waals surface area contributed by atoms with Gasteiger partial charge in [0.1, 0.15) is 0 Å². The van der Waals surface area contributed by atoms with E-state index in [9.17, 15) is 15.0 Å². The summed E-state index contributed by atoms with van der Waals surface area (Å²) in [6, 6.07) is 13.8. The summed E-state index contributed by atoms with van der Waals surface area (Å²) in [7, 11) is 0. The van der Waals surface area contributed by atoms with Crippen LogP contribution in [0.4, 0.5) is 0 Å². The Kier molecular flexibility index (Phi) is 5.97. The summed E-state index contributed by atoms with van der Waals surface area (Å²) in [5.74, 6) is -0.919. The van der Waals surface area contributed by atoms with Gasteiger partial charge in [-0.05, 0) is 55.0 Å². The van der Waals surface area contributed by atoms with Crippen LogP contribution in [-0.4, -0.2) is 21.2 Å². The molecule has 1 atom stereocenters. The van der Waals surface area contributed by atoms with Crippen molar-refractivity contribution in [3.8, 4) is 0 Å². The third-order valence-corrected chi connectivity index (χ3v) is 5.19. The smallest absolute Gasteiger partial charge is 0.335 e. The summed E-state index contributed by atoms with van der Waals surface area (Å²) in [5, 5.41) is 21.1. The first kappa shape index (κ1) is 19.2. The van der Waals surface area contributed by atoms with Gasteiger partial charge in [-0.15, -0.1) is 0 Å². The molecule has 3 aromatic rings. The van der Waals surface area contributed by atoms with Crippen LogP contribution in [-0.2, 0) is 12.8 Å². The number of rotatable bonds is 8. The van der Waals surface area contributed by atoms with Crippen LogP contribution in [0.5, 0.6) is 0 Å². The van der Waals surface area contributed by atoms with Crippen LogP contribution in [0.1, 0.15) is 65.0 Å². The molecule has 1 aromatic heterocycles. The van der Waals surface area contributed by atoms with Gasteiger partial charge in [-0.1, -0.05) is 50.1 Å². The van der Waals surface area contributed by atoms with Crippen molar-refractivity contribution in [2.24, 2.45) is 0 Å². The minimum atomic E-state index is -0.919. The standard InChI is InChI=1S/C23H27NO3/c1-3-4-10-21(25)22-17(12-11-16-8-6-5-7-9-16)19-14-18(23(26)27)15(2)13-20(19)24-22/h5-9,13-14,21,24-25H,3-4,10-12H2,1-2H3,(H,26,27)/t21-/m1/s1. The maximum Gasteiger partial charge on any atom is 0.335 e. The van der Waals surface area contributed by atoms with Crippen molar-refractivity contribution in [3.63, 3.8) is 0 Å². The molecule has 0 saturated heterocycles. The molecule has 0 aliphatic rings. The quantitative estimate of drug-likeness (QED) is 0.515. The van der Waals surface area contributed by atoms with Gasteiger partial charge in [0.15, 0.2) is 0 Å². The van der Waals surface area contributed by atoms with Crippen molar-refractivity contribution in [2.75, 3.05) is 0 Å². The maximum absolute atomic E-state index is 11.6. The minimum Gasteiger partial charge on any atom is -0.478 e. The largest absolute Gasteiger partial charge is 0.478 e. The number of H-pyrrole nitrogens is 1. The molecule has 3 N–H and O–H groups in total. The van der Waals surface area contributed by atoms with Gasteiger partial charge in [0.05, 0.1) is 11.7 Å². The Morgan fingerprint density at radius 1 is 1.15 bits per heavy atom. The Balaban J connectivity index is 2.04. The van der Waals surface area contributed by atoms with Crippen molar-refractivity contribution in [2.45, 2.75) is 52.1 Å². The lowest BCUT2D eigenvalue weighted by Gasteiger charge is -2.12. The number of aromatic nitrogens is 1. The molecule has 4 heteroatoms. The Labute approximate surface area is 159 Å². The zero-order valence-electron chi connectivity index (χ0n) is 16.0. The zero-order chi connectivity index (χ0) is 19.4. The van der Waals surface area contributed by atoms with E-state index >= 15 is 0 Å². The molecule has 0 aliphatic carbocycles. The van der Waals surface area contributed by atoms with Crippen LogP contribution in [0.2, 0.25) is 0 Å². The van der Waals surface area contributed by atoms with Crippen molar-refractivity contribution < 1.29 is 15.0 Å². The molecule has 3 rings (SSSR count). The molecule has 0 aliphatic heterocycles. The average Bonchev–Trinajstić information content (AvgIpc) is 3.01. The molecule has 27 heavy (non-hydrogen) atoms. The highest BCUT2D eigenvalue weighted by molar-refractivity contribution is 5.97. The normalized spacial score (nSPS) is 12.4. The molecule has 0 unspecified atom stereocenters. The highest BCUT2D eigenvalue weighted by atomic mass is 16.4. The van der Waals surface area contributed by atoms with Crippen LogP contribution in [0.3, 0.4) is 0 Å². The third-order valence-electron chi connectivity index (χ3n) is 5.19. The second kappa shape index (κ2) is 8.40. The number of fused-ring (bicyclic) bond motifs is 1. The summed E-state index contributed by atoms with van der Waals surface area (Å²) in [6.07, 6.45) is 3.72. The Morgan fingerprint density at radius 2 is 1.89 bits per heavy atom. The van der Waals surface area contributed by atoms with E-state index in [0.29, 0.717) is 12.0 Å². The predicted molar refractivity (Wildman–Crippen MR) is 108 cm³/mol. The van der Waals surface area contributed by atoms with E-state index in [0.717, 1.165) is 53.4 Å². The number of aryl methyl sites for hydroxylation is 3. The van der Waals surface area contributed by atoms with Crippen molar-refractivity contribution in [1.82, 2.24) is 4.98 Å². The second-order valence-corrected chi connectivity index (χ2v) is 7.18. The van der Waals surface area contributed by atoms with Gasteiger partial charge >= 0.3 is 5.97 Å². The van der Waals surface area contributed by atoms with Crippen LogP contribution in [0.15, 0.2) is 42.5 Å². The van der Waals surface area contributed by atoms with Gasteiger partial charge in [-0.25, -0.2) is 4.79 Å². The summed E-state index contributed by atoms with van der Waals surface area (Å²) >= 11 is 0. The van der Waals surface area contributed by atoms with Gasteiger partial charge in [-0.3, -0.25) is 0 Å². The Morgan fingerprint density at radius 3 is 2.56 bits per heavy atom. The molecule has 0 fully saturated rings. The number of hydrogen-bond acceptors (Lipinski definition) is 2. The van der Waals surface area contributed by atoms with Gasteiger partial charge in [0.2, 0.25) is 0 Å². The fraction of sp³-hybridized carbons (Fsp3) is 0.348. The number of aliphatic hydroxyl groups is 1. The number of benzene rings is 2. The van der Waals surface area contributed by atoms with Crippen LogP contribution in [0.25, 0.3) is 10.9 Å². The monoisotopic (exact) mass is 365 g/mol. The van der Waals surface area contributed by atoms with Crippen LogP contribution in [0, 0.1) is 6.92 Å². The van der Waals surface area contributed by atoms with Crippen molar-refractivity contribution >= 4 is 16.9 Å². The van der Waals surface area contributed by atoms with E-state index in [1.807, 2.05) is 24.3 Å². The molecule has 0 spiro atoms. The number of aromatic amines is 1. The molecule has 1 heterocycles. The van der Waals surface area contributed by atoms with E-state index in [4.69, 9.17) is 0 Å². The number of hydrogen-bond donors (Lipinski definition) is 3. The van der Waals surface area contributed by atoms with E-state index in [1.54, 1.807) is 13.0 Å². The minimum absolute atomic E-state index is 0.317. The van der Waals surface area contributed by atoms with Crippen LogP contribution >= 0.6 is 0 Å². The van der Waals surface area contributed by atoms with Crippen molar-refractivity contribution in [3.05, 3.63) is 70.4 Å². The summed E-state index contributed by atoms with van der Waals surface area (Å²) < 4.78 is 0. The number of nitrogens with one attached hydrogen (secondary N) is 1. The van der Waals surface area contributed by atoms with Gasteiger partial charge in [0.25, 0.3) is 0 Å². The lowest BCUT2D eigenvalue weighted by molar-refractivity contribution is 0.0696. The Bertz CT molecular complexity index is 928. The molecule has 2 aromatic carbocycles. The lowest BCUT2D eigenvalue weighted by Crippen LogP contribution is -2.03. The summed E-state index contributed by atoms with van der Waals surface area (Å²) in [5.41, 5.74) is 5.02. The first-order valence-electron chi connectivity index (χ1n) is 9.61. The van der Waals surface area contributed by atoms with Crippen molar-refractivity contribution in [1.29, 1.82) is 0 Å². The second-order valence-electron chi connectivity index (χ2n) is 7.18. The van der Waals surface area contributed by atoms with E-state index in [-0.39, 0.29) is 0 Å². The highest BCUT2D eigenvalue weighted by Crippen LogP contribution is 2.32. The first-order valence-corrected chi connectivity index (χ1v) is 9.61. The molecule has 0 radical (unpaired) electrons. The molecule has 142 valence electrons. The number of carboxylic acid groups (broad SMARTS) is 1. The number of unbranched alkanes of at least 4 members (excludes halogenated alkanes) is 1. The highest BCUT2D eigenvalue weighted by Gasteiger charge is 2.20. The number of carbonyl (C=O) groups is 1. The zero-order valence-corrected chi connectivity index (χ0v) is 16.0. The van der Waals surface area contributed by atoms with E-state index in [2.05, 4.69) is 24.0 Å². The fourth-order valence-corrected chi connectivity index (χ4v) is 3.67. The third kappa shape index (κ3) is 4.22. The molecular weight excluding hydrogens is 338 g/mol. The topological polar surface area (TPSA) is 73.3 Å². The van der Waals surface area contributed by atoms with E-state index in [1.165, 1.54) is 5.56 Å². The van der Waals surface area contributed by atoms with Gasteiger partial charge < -0.3 is 15.2 Å². The summed E-state index contributed by atoms with van der Waals surface area (Å²) in [6.45, 7) is 3.91. The molecule has 0 bridgehead atoms. The first-order chi connectivity index (χ1) is 13.0. The molecule has 0 saturated carbocycles. The summed E-state index contributed by atoms with van der Waals surface area (Å²) in [4.78, 5) is 15.0. The molecule has 4 nitrogen and oxygen atoms in total. The van der Waals surface area contributed by atoms with Gasteiger partial charge in [-0.2, -0.15) is 0 Å². The Hall–Kier alpha value is -2.59. The predicted octanol–water partition coefficient (Wildman–Crippen LogP) is 5.18. The van der Waals surface area contributed by atoms with Gasteiger partial charge in [0, 0.05) is 16.6 Å². The molecular formula is C23H27NO3. The number of aliphatic hydroxyl groups excluding tert-OH is 1. The SMILES string of the molecule is CCCC[C@@H](O)c1[nH]c2cc(C)c(C(=O)O)cc2c1CCc1ccccc1.